The molecule has 1 atom stereocenters. The molecule has 1 aromatic heterocycles. The second-order valence-electron chi connectivity index (χ2n) is 3.60. The van der Waals surface area contributed by atoms with E-state index in [9.17, 15) is 0 Å². The summed E-state index contributed by atoms with van der Waals surface area (Å²) < 4.78 is 0. The largest absolute Gasteiger partial charge is 0.360 e. The van der Waals surface area contributed by atoms with Crippen LogP contribution >= 0.6 is 11.3 Å². The average molecular weight is 197 g/mol. The summed E-state index contributed by atoms with van der Waals surface area (Å²) in [6.07, 6.45) is 3.65. The van der Waals surface area contributed by atoms with Crippen LogP contribution in [0.2, 0.25) is 0 Å². The summed E-state index contributed by atoms with van der Waals surface area (Å²) in [5.74, 6) is 0. The first kappa shape index (κ1) is 8.97. The van der Waals surface area contributed by atoms with Gasteiger partial charge in [-0.15, -0.1) is 11.3 Å². The predicted octanol–water partition coefficient (Wildman–Crippen LogP) is 1.39. The molecule has 1 aliphatic rings. The highest BCUT2D eigenvalue weighted by molar-refractivity contribution is 7.15. The maximum Gasteiger partial charge on any atom is 0.183 e. The van der Waals surface area contributed by atoms with Gasteiger partial charge in [-0.1, -0.05) is 0 Å². The van der Waals surface area contributed by atoms with Gasteiger partial charge < -0.3 is 11.1 Å². The van der Waals surface area contributed by atoms with Crippen LogP contribution in [0, 0.1) is 0 Å². The van der Waals surface area contributed by atoms with E-state index in [2.05, 4.69) is 10.3 Å². The topological polar surface area (TPSA) is 50.9 Å². The lowest BCUT2D eigenvalue weighted by Crippen LogP contribution is -2.25. The number of aryl methyl sites for hydroxylation is 2. The van der Waals surface area contributed by atoms with E-state index in [0.717, 1.165) is 18.1 Å². The second kappa shape index (κ2) is 3.64. The van der Waals surface area contributed by atoms with E-state index in [0.29, 0.717) is 0 Å². The van der Waals surface area contributed by atoms with Crippen LogP contribution in [-0.2, 0) is 12.8 Å². The maximum absolute atomic E-state index is 5.65. The van der Waals surface area contributed by atoms with Gasteiger partial charge in [0.2, 0.25) is 0 Å². The van der Waals surface area contributed by atoms with Crippen LogP contribution in [0.1, 0.15) is 23.9 Å². The third kappa shape index (κ3) is 2.00. The molecule has 0 saturated carbocycles. The molecule has 1 aromatic rings. The molecule has 0 aliphatic heterocycles. The zero-order chi connectivity index (χ0) is 9.26. The fourth-order valence-corrected chi connectivity index (χ4v) is 2.57. The molecule has 2 rings (SSSR count). The molecule has 0 fully saturated rings. The molecular formula is C9H15N3S. The van der Waals surface area contributed by atoms with Gasteiger partial charge in [-0.25, -0.2) is 4.98 Å². The van der Waals surface area contributed by atoms with Crippen molar-refractivity contribution in [3.8, 4) is 0 Å². The van der Waals surface area contributed by atoms with Gasteiger partial charge in [-0.3, -0.25) is 0 Å². The quantitative estimate of drug-likeness (QED) is 0.770. The molecular weight excluding hydrogens is 182 g/mol. The highest BCUT2D eigenvalue weighted by atomic mass is 32.1. The first-order valence-corrected chi connectivity index (χ1v) is 5.55. The van der Waals surface area contributed by atoms with Crippen molar-refractivity contribution in [2.75, 3.05) is 11.9 Å². The standard InChI is InChI=1S/C9H15N3S/c1-6(10)5-11-9-12-7-3-2-4-8(7)13-9/h6H,2-5,10H2,1H3,(H,11,12). The molecule has 0 spiro atoms. The molecule has 0 aromatic carbocycles. The van der Waals surface area contributed by atoms with Crippen molar-refractivity contribution in [3.05, 3.63) is 10.6 Å². The normalized spacial score (nSPS) is 17.1. The van der Waals surface area contributed by atoms with E-state index < -0.39 is 0 Å². The average Bonchev–Trinajstić information content (AvgIpc) is 2.58. The fraction of sp³-hybridized carbons (Fsp3) is 0.667. The molecule has 0 amide bonds. The number of hydrogen-bond donors (Lipinski definition) is 2. The maximum atomic E-state index is 5.65. The number of nitrogens with two attached hydrogens (primary N) is 1. The van der Waals surface area contributed by atoms with Crippen LogP contribution in [0.5, 0.6) is 0 Å². The van der Waals surface area contributed by atoms with E-state index >= 15 is 0 Å². The van der Waals surface area contributed by atoms with Crippen molar-refractivity contribution in [2.24, 2.45) is 5.73 Å². The van der Waals surface area contributed by atoms with E-state index in [1.165, 1.54) is 23.4 Å². The number of rotatable bonds is 3. The third-order valence-corrected chi connectivity index (χ3v) is 3.29. The van der Waals surface area contributed by atoms with Gasteiger partial charge in [0.1, 0.15) is 0 Å². The Labute approximate surface area is 82.4 Å². The minimum Gasteiger partial charge on any atom is -0.360 e. The summed E-state index contributed by atoms with van der Waals surface area (Å²) in [6, 6.07) is 0.193. The summed E-state index contributed by atoms with van der Waals surface area (Å²) in [5.41, 5.74) is 6.95. The van der Waals surface area contributed by atoms with Crippen molar-refractivity contribution in [1.29, 1.82) is 0 Å². The van der Waals surface area contributed by atoms with Crippen LogP contribution in [-0.4, -0.2) is 17.6 Å². The Bertz CT molecular complexity index is 272. The third-order valence-electron chi connectivity index (χ3n) is 2.17. The van der Waals surface area contributed by atoms with Crippen LogP contribution in [0.3, 0.4) is 0 Å². The number of thiazole rings is 1. The summed E-state index contributed by atoms with van der Waals surface area (Å²) >= 11 is 1.79. The van der Waals surface area contributed by atoms with Crippen LogP contribution in [0.4, 0.5) is 5.13 Å². The number of fused-ring (bicyclic) bond motifs is 1. The number of hydrogen-bond acceptors (Lipinski definition) is 4. The van der Waals surface area contributed by atoms with Gasteiger partial charge >= 0.3 is 0 Å². The first-order chi connectivity index (χ1) is 6.25. The van der Waals surface area contributed by atoms with Gasteiger partial charge in [0, 0.05) is 17.5 Å². The summed E-state index contributed by atoms with van der Waals surface area (Å²) in [7, 11) is 0. The van der Waals surface area contributed by atoms with E-state index in [-0.39, 0.29) is 6.04 Å². The Morgan fingerprint density at radius 1 is 1.62 bits per heavy atom. The first-order valence-electron chi connectivity index (χ1n) is 4.74. The van der Waals surface area contributed by atoms with Gasteiger partial charge in [0.15, 0.2) is 5.13 Å². The molecule has 3 N–H and O–H groups in total. The Balaban J connectivity index is 1.98. The minimum atomic E-state index is 0.193. The highest BCUT2D eigenvalue weighted by Crippen LogP contribution is 2.30. The predicted molar refractivity (Wildman–Crippen MR) is 56.3 cm³/mol. The van der Waals surface area contributed by atoms with E-state index in [1.807, 2.05) is 6.92 Å². The molecule has 3 nitrogen and oxygen atoms in total. The summed E-state index contributed by atoms with van der Waals surface area (Å²) in [5, 5.41) is 4.30. The van der Waals surface area contributed by atoms with E-state index in [1.54, 1.807) is 11.3 Å². The van der Waals surface area contributed by atoms with Gasteiger partial charge in [-0.2, -0.15) is 0 Å². The molecule has 0 bridgehead atoms. The molecule has 1 heterocycles. The highest BCUT2D eigenvalue weighted by Gasteiger charge is 2.16. The lowest BCUT2D eigenvalue weighted by atomic mass is 10.4. The number of nitrogens with zero attached hydrogens (tertiary/aromatic N) is 1. The molecule has 1 aliphatic carbocycles. The lowest BCUT2D eigenvalue weighted by molar-refractivity contribution is 0.778. The molecule has 0 saturated heterocycles. The second-order valence-corrected chi connectivity index (χ2v) is 4.68. The molecule has 13 heavy (non-hydrogen) atoms. The molecule has 72 valence electrons. The summed E-state index contributed by atoms with van der Waals surface area (Å²) in [4.78, 5) is 5.98. The van der Waals surface area contributed by atoms with Crippen molar-refractivity contribution in [2.45, 2.75) is 32.2 Å². The molecule has 0 radical (unpaired) electrons. The Morgan fingerprint density at radius 3 is 3.15 bits per heavy atom. The zero-order valence-corrected chi connectivity index (χ0v) is 8.66. The Hall–Kier alpha value is -0.610. The molecule has 1 unspecified atom stereocenters. The fourth-order valence-electron chi connectivity index (χ4n) is 1.51. The van der Waals surface area contributed by atoms with Crippen LogP contribution in [0.25, 0.3) is 0 Å². The SMILES string of the molecule is CC(N)CNc1nc2c(s1)CCC2. The van der Waals surface area contributed by atoms with Crippen molar-refractivity contribution in [3.63, 3.8) is 0 Å². The smallest absolute Gasteiger partial charge is 0.183 e. The lowest BCUT2D eigenvalue weighted by Gasteiger charge is -2.04. The monoisotopic (exact) mass is 197 g/mol. The van der Waals surface area contributed by atoms with Crippen molar-refractivity contribution < 1.29 is 0 Å². The Morgan fingerprint density at radius 2 is 2.46 bits per heavy atom. The number of anilines is 1. The van der Waals surface area contributed by atoms with Crippen LogP contribution < -0.4 is 11.1 Å². The van der Waals surface area contributed by atoms with Gasteiger partial charge in [-0.05, 0) is 26.2 Å². The number of nitrogens with one attached hydrogen (secondary N) is 1. The van der Waals surface area contributed by atoms with Crippen molar-refractivity contribution >= 4 is 16.5 Å². The number of aromatic nitrogens is 1. The molecule has 4 heteroatoms. The zero-order valence-electron chi connectivity index (χ0n) is 7.84. The van der Waals surface area contributed by atoms with Gasteiger partial charge in [0.05, 0.1) is 5.69 Å². The van der Waals surface area contributed by atoms with Crippen LogP contribution in [0.15, 0.2) is 0 Å². The minimum absolute atomic E-state index is 0.193. The Kier molecular flexibility index (Phi) is 2.51. The summed E-state index contributed by atoms with van der Waals surface area (Å²) in [6.45, 7) is 2.81. The van der Waals surface area contributed by atoms with Crippen molar-refractivity contribution in [1.82, 2.24) is 4.98 Å². The van der Waals surface area contributed by atoms with E-state index in [4.69, 9.17) is 5.73 Å². The van der Waals surface area contributed by atoms with Gasteiger partial charge in [0.25, 0.3) is 0 Å².